The summed E-state index contributed by atoms with van der Waals surface area (Å²) >= 11 is 0. The number of methoxy groups -OCH3 is 1. The second-order valence-electron chi connectivity index (χ2n) is 3.25. The molecule has 0 aromatic heterocycles. The zero-order valence-corrected chi connectivity index (χ0v) is 7.93. The van der Waals surface area contributed by atoms with Crippen LogP contribution in [0, 0.1) is 0 Å². The number of carbonyl (C=O) groups excluding carboxylic acids is 1. The zero-order chi connectivity index (χ0) is 10.1. The SMILES string of the molecule is COC1c2ccccc2CN1C(N)=O. The highest BCUT2D eigenvalue weighted by Gasteiger charge is 2.31. The van der Waals surface area contributed by atoms with E-state index < -0.39 is 6.03 Å². The molecule has 0 bridgehead atoms. The maximum Gasteiger partial charge on any atom is 0.317 e. The molecule has 0 radical (unpaired) electrons. The lowest BCUT2D eigenvalue weighted by atomic mass is 10.1. The van der Waals surface area contributed by atoms with Gasteiger partial charge in [-0.2, -0.15) is 0 Å². The van der Waals surface area contributed by atoms with Gasteiger partial charge in [0.15, 0.2) is 6.23 Å². The number of hydrogen-bond acceptors (Lipinski definition) is 2. The van der Waals surface area contributed by atoms with E-state index in [0.29, 0.717) is 6.54 Å². The molecule has 14 heavy (non-hydrogen) atoms. The van der Waals surface area contributed by atoms with E-state index in [0.717, 1.165) is 11.1 Å². The second-order valence-corrected chi connectivity index (χ2v) is 3.25. The number of carbonyl (C=O) groups is 1. The van der Waals surface area contributed by atoms with Crippen LogP contribution in [0.4, 0.5) is 4.79 Å². The van der Waals surface area contributed by atoms with E-state index in [-0.39, 0.29) is 6.23 Å². The molecule has 0 aliphatic carbocycles. The van der Waals surface area contributed by atoms with Gasteiger partial charge in [0.25, 0.3) is 0 Å². The van der Waals surface area contributed by atoms with Crippen molar-refractivity contribution in [1.82, 2.24) is 4.90 Å². The molecule has 4 nitrogen and oxygen atoms in total. The Kier molecular flexibility index (Phi) is 2.13. The third-order valence-corrected chi connectivity index (χ3v) is 2.45. The fraction of sp³-hybridized carbons (Fsp3) is 0.300. The van der Waals surface area contributed by atoms with Crippen molar-refractivity contribution in [2.24, 2.45) is 5.73 Å². The minimum Gasteiger partial charge on any atom is -0.357 e. The van der Waals surface area contributed by atoms with Crippen LogP contribution in [0.2, 0.25) is 0 Å². The van der Waals surface area contributed by atoms with Crippen LogP contribution in [-0.2, 0) is 11.3 Å². The lowest BCUT2D eigenvalue weighted by Crippen LogP contribution is -2.34. The number of nitrogens with zero attached hydrogens (tertiary/aromatic N) is 1. The third-order valence-electron chi connectivity index (χ3n) is 2.45. The molecule has 1 heterocycles. The highest BCUT2D eigenvalue weighted by atomic mass is 16.5. The fourth-order valence-electron chi connectivity index (χ4n) is 1.80. The van der Waals surface area contributed by atoms with Gasteiger partial charge in [-0.15, -0.1) is 0 Å². The predicted octanol–water partition coefficient (Wildman–Crippen LogP) is 1.23. The average molecular weight is 192 g/mol. The van der Waals surface area contributed by atoms with Gasteiger partial charge in [-0.05, 0) is 5.56 Å². The highest BCUT2D eigenvalue weighted by molar-refractivity contribution is 5.73. The molecule has 2 N–H and O–H groups in total. The van der Waals surface area contributed by atoms with Gasteiger partial charge in [0.2, 0.25) is 0 Å². The van der Waals surface area contributed by atoms with Crippen LogP contribution in [0.5, 0.6) is 0 Å². The first kappa shape index (κ1) is 9.02. The van der Waals surface area contributed by atoms with Gasteiger partial charge < -0.3 is 10.5 Å². The highest BCUT2D eigenvalue weighted by Crippen LogP contribution is 2.33. The van der Waals surface area contributed by atoms with Crippen molar-refractivity contribution in [1.29, 1.82) is 0 Å². The maximum atomic E-state index is 11.1. The molecular weight excluding hydrogens is 180 g/mol. The number of hydrogen-bond donors (Lipinski definition) is 1. The molecule has 0 saturated heterocycles. The number of fused-ring (bicyclic) bond motifs is 1. The Bertz CT molecular complexity index is 365. The lowest BCUT2D eigenvalue weighted by Gasteiger charge is -2.21. The van der Waals surface area contributed by atoms with Gasteiger partial charge >= 0.3 is 6.03 Å². The molecule has 1 aliphatic heterocycles. The van der Waals surface area contributed by atoms with E-state index >= 15 is 0 Å². The van der Waals surface area contributed by atoms with Crippen molar-refractivity contribution in [2.45, 2.75) is 12.8 Å². The van der Waals surface area contributed by atoms with E-state index in [1.54, 1.807) is 7.11 Å². The monoisotopic (exact) mass is 192 g/mol. The summed E-state index contributed by atoms with van der Waals surface area (Å²) < 4.78 is 5.24. The van der Waals surface area contributed by atoms with Crippen LogP contribution in [0.1, 0.15) is 17.4 Å². The van der Waals surface area contributed by atoms with Crippen molar-refractivity contribution in [2.75, 3.05) is 7.11 Å². The van der Waals surface area contributed by atoms with E-state index in [9.17, 15) is 4.79 Å². The molecule has 2 rings (SSSR count). The number of rotatable bonds is 1. The molecule has 2 amide bonds. The quantitative estimate of drug-likeness (QED) is 0.727. The van der Waals surface area contributed by atoms with E-state index in [1.807, 2.05) is 24.3 Å². The molecule has 0 fully saturated rings. The average Bonchev–Trinajstić information content (AvgIpc) is 2.56. The molecule has 4 heteroatoms. The maximum absolute atomic E-state index is 11.1. The van der Waals surface area contributed by atoms with Gasteiger partial charge in [-0.1, -0.05) is 24.3 Å². The standard InChI is InChI=1S/C10H12N2O2/c1-14-9-8-5-3-2-4-7(8)6-12(9)10(11)13/h2-5,9H,6H2,1H3,(H2,11,13). The summed E-state index contributed by atoms with van der Waals surface area (Å²) in [4.78, 5) is 12.6. The number of ether oxygens (including phenoxy) is 1. The normalized spacial score (nSPS) is 19.5. The summed E-state index contributed by atoms with van der Waals surface area (Å²) in [5, 5.41) is 0. The Hall–Kier alpha value is -1.55. The van der Waals surface area contributed by atoms with Crippen LogP contribution in [-0.4, -0.2) is 18.0 Å². The topological polar surface area (TPSA) is 55.6 Å². The minimum absolute atomic E-state index is 0.330. The first-order valence-electron chi connectivity index (χ1n) is 4.40. The fourth-order valence-corrected chi connectivity index (χ4v) is 1.80. The molecule has 1 aromatic rings. The first-order valence-corrected chi connectivity index (χ1v) is 4.40. The molecule has 74 valence electrons. The van der Waals surface area contributed by atoms with Crippen molar-refractivity contribution >= 4 is 6.03 Å². The molecule has 1 unspecified atom stereocenters. The van der Waals surface area contributed by atoms with Crippen molar-refractivity contribution in [3.63, 3.8) is 0 Å². The van der Waals surface area contributed by atoms with Crippen molar-refractivity contribution in [3.05, 3.63) is 35.4 Å². The number of urea groups is 1. The molecule has 0 saturated carbocycles. The van der Waals surface area contributed by atoms with Crippen molar-refractivity contribution in [3.8, 4) is 0 Å². The van der Waals surface area contributed by atoms with Crippen LogP contribution in [0.25, 0.3) is 0 Å². The first-order chi connectivity index (χ1) is 6.74. The Balaban J connectivity index is 2.38. The summed E-state index contributed by atoms with van der Waals surface area (Å²) in [5.41, 5.74) is 7.37. The Labute approximate surface area is 82.3 Å². The Morgan fingerprint density at radius 3 is 2.93 bits per heavy atom. The smallest absolute Gasteiger partial charge is 0.317 e. The summed E-state index contributed by atoms with van der Waals surface area (Å²) in [5.74, 6) is 0. The molecule has 1 aromatic carbocycles. The van der Waals surface area contributed by atoms with Gasteiger partial charge in [-0.3, -0.25) is 4.90 Å². The van der Waals surface area contributed by atoms with Gasteiger partial charge in [0, 0.05) is 12.7 Å². The Morgan fingerprint density at radius 2 is 2.29 bits per heavy atom. The largest absolute Gasteiger partial charge is 0.357 e. The summed E-state index contributed by atoms with van der Waals surface area (Å²) in [6.07, 6.45) is -0.330. The van der Waals surface area contributed by atoms with E-state index in [2.05, 4.69) is 0 Å². The molecule has 1 atom stereocenters. The summed E-state index contributed by atoms with van der Waals surface area (Å²) in [6, 6.07) is 7.34. The lowest BCUT2D eigenvalue weighted by molar-refractivity contribution is 0.00220. The minimum atomic E-state index is -0.451. The van der Waals surface area contributed by atoms with Crippen LogP contribution >= 0.6 is 0 Å². The Morgan fingerprint density at radius 1 is 1.57 bits per heavy atom. The van der Waals surface area contributed by atoms with E-state index in [1.165, 1.54) is 4.90 Å². The summed E-state index contributed by atoms with van der Waals surface area (Å²) in [6.45, 7) is 0.532. The number of nitrogens with two attached hydrogens (primary N) is 1. The zero-order valence-electron chi connectivity index (χ0n) is 7.93. The third kappa shape index (κ3) is 1.24. The number of benzene rings is 1. The summed E-state index contributed by atoms with van der Waals surface area (Å²) in [7, 11) is 1.57. The van der Waals surface area contributed by atoms with Crippen LogP contribution < -0.4 is 5.73 Å². The van der Waals surface area contributed by atoms with Crippen LogP contribution in [0.15, 0.2) is 24.3 Å². The van der Waals surface area contributed by atoms with Gasteiger partial charge in [0.05, 0.1) is 6.54 Å². The number of primary amides is 1. The molecule has 1 aliphatic rings. The second kappa shape index (κ2) is 3.31. The van der Waals surface area contributed by atoms with E-state index in [4.69, 9.17) is 10.5 Å². The van der Waals surface area contributed by atoms with Crippen LogP contribution in [0.3, 0.4) is 0 Å². The van der Waals surface area contributed by atoms with Crippen molar-refractivity contribution < 1.29 is 9.53 Å². The number of amides is 2. The predicted molar refractivity (Wildman–Crippen MR) is 51.3 cm³/mol. The van der Waals surface area contributed by atoms with Gasteiger partial charge in [0.1, 0.15) is 0 Å². The van der Waals surface area contributed by atoms with Gasteiger partial charge in [-0.25, -0.2) is 4.79 Å². The molecular formula is C10H12N2O2. The molecule has 0 spiro atoms.